The van der Waals surface area contributed by atoms with Crippen molar-refractivity contribution in [2.75, 3.05) is 20.7 Å². The van der Waals surface area contributed by atoms with Crippen LogP contribution >= 0.6 is 0 Å². The van der Waals surface area contributed by atoms with E-state index in [0.717, 1.165) is 0 Å². The van der Waals surface area contributed by atoms with E-state index in [1.807, 2.05) is 13.8 Å². The standard InChI is InChI=1S/C30H43N5O7/c1-8-18(4)25-28(38)31-13-11-20-15-21(9-10-22(20)41-7)42-23-12-14-35(26(23)29(39)33-25)30(40)24(17(2)3)32-27(37)19(5)34(6)16-36/h9-11,13,15-19,23-26H,8,12,14H2,1-7H3,(H,31,38)(H,32,37)(H,33,39). The van der Waals surface area contributed by atoms with Crippen LogP contribution in [0.15, 0.2) is 24.4 Å². The number of likely N-dealkylation sites (tertiary alicyclic amines) is 1. The molecule has 1 aromatic carbocycles. The first-order chi connectivity index (χ1) is 19.9. The molecule has 230 valence electrons. The average Bonchev–Trinajstić information content (AvgIpc) is 3.39. The summed E-state index contributed by atoms with van der Waals surface area (Å²) in [5.74, 6) is -1.33. The third-order valence-electron chi connectivity index (χ3n) is 8.05. The van der Waals surface area contributed by atoms with Crippen molar-refractivity contribution in [3.63, 3.8) is 0 Å². The maximum atomic E-state index is 14.0. The summed E-state index contributed by atoms with van der Waals surface area (Å²) >= 11 is 0. The van der Waals surface area contributed by atoms with Gasteiger partial charge in [0.25, 0.3) is 0 Å². The van der Waals surface area contributed by atoms with Crippen molar-refractivity contribution in [3.8, 4) is 11.5 Å². The molecule has 1 saturated heterocycles. The number of nitrogens with one attached hydrogen (secondary N) is 3. The number of hydrogen-bond donors (Lipinski definition) is 3. The molecular weight excluding hydrogens is 542 g/mol. The Balaban J connectivity index is 2.01. The van der Waals surface area contributed by atoms with Crippen LogP contribution in [0.4, 0.5) is 0 Å². The number of rotatable bonds is 9. The molecule has 0 radical (unpaired) electrons. The van der Waals surface area contributed by atoms with Gasteiger partial charge >= 0.3 is 0 Å². The average molecular weight is 586 g/mol. The second-order valence-electron chi connectivity index (χ2n) is 11.2. The molecule has 42 heavy (non-hydrogen) atoms. The highest BCUT2D eigenvalue weighted by molar-refractivity contribution is 5.96. The summed E-state index contributed by atoms with van der Waals surface area (Å²) in [5, 5.41) is 8.39. The fourth-order valence-electron chi connectivity index (χ4n) is 5.02. The lowest BCUT2D eigenvalue weighted by atomic mass is 9.97. The van der Waals surface area contributed by atoms with E-state index in [1.54, 1.807) is 52.2 Å². The Bertz CT molecular complexity index is 1200. The Morgan fingerprint density at radius 3 is 2.55 bits per heavy atom. The number of ether oxygens (including phenoxy) is 2. The van der Waals surface area contributed by atoms with E-state index < -0.39 is 53.9 Å². The molecule has 2 bridgehead atoms. The molecule has 0 saturated carbocycles. The Morgan fingerprint density at radius 1 is 1.21 bits per heavy atom. The fourth-order valence-corrected chi connectivity index (χ4v) is 5.02. The summed E-state index contributed by atoms with van der Waals surface area (Å²) in [6.45, 7) is 9.14. The lowest BCUT2D eigenvalue weighted by Crippen LogP contribution is -2.61. The summed E-state index contributed by atoms with van der Waals surface area (Å²) in [4.78, 5) is 67.9. The summed E-state index contributed by atoms with van der Waals surface area (Å²) < 4.78 is 11.8. The number of amides is 5. The smallest absolute Gasteiger partial charge is 0.247 e. The lowest BCUT2D eigenvalue weighted by molar-refractivity contribution is -0.145. The molecule has 2 aliphatic rings. The van der Waals surface area contributed by atoms with Gasteiger partial charge in [-0.15, -0.1) is 0 Å². The largest absolute Gasteiger partial charge is 0.496 e. The fraction of sp³-hybridized carbons (Fsp3) is 0.567. The predicted octanol–water partition coefficient (Wildman–Crippen LogP) is 1.29. The number of carbonyl (C=O) groups is 5. The van der Waals surface area contributed by atoms with Crippen molar-refractivity contribution >= 4 is 36.1 Å². The molecule has 5 amide bonds. The third kappa shape index (κ3) is 7.21. The van der Waals surface area contributed by atoms with Crippen molar-refractivity contribution in [2.45, 2.75) is 77.7 Å². The van der Waals surface area contributed by atoms with Crippen LogP contribution in [0.25, 0.3) is 6.08 Å². The van der Waals surface area contributed by atoms with Gasteiger partial charge in [-0.1, -0.05) is 34.1 Å². The van der Waals surface area contributed by atoms with E-state index in [9.17, 15) is 24.0 Å². The van der Waals surface area contributed by atoms with Gasteiger partial charge in [-0.2, -0.15) is 0 Å². The number of likely N-dealkylation sites (N-methyl/N-ethyl adjacent to an activating group) is 1. The highest BCUT2D eigenvalue weighted by Gasteiger charge is 2.47. The van der Waals surface area contributed by atoms with Gasteiger partial charge in [-0.25, -0.2) is 0 Å². The zero-order chi connectivity index (χ0) is 31.1. The molecular formula is C30H43N5O7. The molecule has 2 aliphatic heterocycles. The maximum absolute atomic E-state index is 14.0. The first-order valence-electron chi connectivity index (χ1n) is 14.3. The summed E-state index contributed by atoms with van der Waals surface area (Å²) in [7, 11) is 3.02. The van der Waals surface area contributed by atoms with Crippen LogP contribution in [0.1, 0.15) is 53.0 Å². The highest BCUT2D eigenvalue weighted by Crippen LogP contribution is 2.30. The Hall–Kier alpha value is -4.09. The zero-order valence-electron chi connectivity index (χ0n) is 25.4. The van der Waals surface area contributed by atoms with E-state index in [-0.39, 0.29) is 18.4 Å². The minimum Gasteiger partial charge on any atom is -0.496 e. The van der Waals surface area contributed by atoms with Crippen LogP contribution in [0.5, 0.6) is 11.5 Å². The third-order valence-corrected chi connectivity index (χ3v) is 8.05. The number of nitrogens with zero attached hydrogens (tertiary/aromatic N) is 2. The van der Waals surface area contributed by atoms with Gasteiger partial charge in [0.1, 0.15) is 41.8 Å². The van der Waals surface area contributed by atoms with E-state index in [4.69, 9.17) is 9.47 Å². The highest BCUT2D eigenvalue weighted by atomic mass is 16.5. The number of carbonyl (C=O) groups excluding carboxylic acids is 5. The normalized spacial score (nSPS) is 22.6. The molecule has 0 aliphatic carbocycles. The molecule has 6 atom stereocenters. The SMILES string of the molecule is CCC(C)C1NC(=O)C2C(CCN2C(=O)C(NC(=O)C(C)N(C)C=O)C(C)C)Oc2ccc(OC)c(c2)C=CNC1=O. The van der Waals surface area contributed by atoms with Crippen LogP contribution in [-0.2, 0) is 24.0 Å². The molecule has 0 spiro atoms. The predicted molar refractivity (Wildman–Crippen MR) is 156 cm³/mol. The Kier molecular flexibility index (Phi) is 11.0. The van der Waals surface area contributed by atoms with Gasteiger partial charge < -0.3 is 35.2 Å². The second-order valence-corrected chi connectivity index (χ2v) is 11.2. The first kappa shape index (κ1) is 32.4. The molecule has 12 heteroatoms. The van der Waals surface area contributed by atoms with Gasteiger partial charge in [0, 0.05) is 31.8 Å². The lowest BCUT2D eigenvalue weighted by Gasteiger charge is -2.34. The molecule has 2 heterocycles. The second kappa shape index (κ2) is 14.2. The summed E-state index contributed by atoms with van der Waals surface area (Å²) in [5.41, 5.74) is 0.661. The van der Waals surface area contributed by atoms with Gasteiger partial charge in [0.2, 0.25) is 30.0 Å². The Labute approximate surface area is 247 Å². The van der Waals surface area contributed by atoms with Crippen LogP contribution in [0.3, 0.4) is 0 Å². The van der Waals surface area contributed by atoms with Crippen molar-refractivity contribution in [1.29, 1.82) is 0 Å². The van der Waals surface area contributed by atoms with Crippen molar-refractivity contribution in [3.05, 3.63) is 30.0 Å². The van der Waals surface area contributed by atoms with Crippen LogP contribution in [0, 0.1) is 11.8 Å². The van der Waals surface area contributed by atoms with Crippen LogP contribution in [-0.4, -0.2) is 90.8 Å². The molecule has 12 nitrogen and oxygen atoms in total. The molecule has 1 fully saturated rings. The summed E-state index contributed by atoms with van der Waals surface area (Å²) in [6.07, 6.45) is 3.99. The summed E-state index contributed by atoms with van der Waals surface area (Å²) in [6, 6.07) is 1.51. The monoisotopic (exact) mass is 585 g/mol. The van der Waals surface area contributed by atoms with Crippen molar-refractivity contribution in [1.82, 2.24) is 25.8 Å². The quantitative estimate of drug-likeness (QED) is 0.370. The number of benzene rings is 1. The van der Waals surface area contributed by atoms with E-state index in [1.165, 1.54) is 23.0 Å². The molecule has 3 rings (SSSR count). The molecule has 0 aromatic heterocycles. The number of fused-ring (bicyclic) bond motifs is 3. The van der Waals surface area contributed by atoms with Gasteiger partial charge in [-0.3, -0.25) is 24.0 Å². The first-order valence-corrected chi connectivity index (χ1v) is 14.3. The minimum atomic E-state index is -1.07. The van der Waals surface area contributed by atoms with E-state index in [0.29, 0.717) is 36.3 Å². The zero-order valence-corrected chi connectivity index (χ0v) is 25.4. The topological polar surface area (TPSA) is 146 Å². The molecule has 6 unspecified atom stereocenters. The van der Waals surface area contributed by atoms with Crippen LogP contribution < -0.4 is 25.4 Å². The van der Waals surface area contributed by atoms with E-state index in [2.05, 4.69) is 16.0 Å². The van der Waals surface area contributed by atoms with Crippen molar-refractivity contribution < 1.29 is 33.4 Å². The molecule has 3 N–H and O–H groups in total. The van der Waals surface area contributed by atoms with Crippen molar-refractivity contribution in [2.24, 2.45) is 11.8 Å². The van der Waals surface area contributed by atoms with Gasteiger partial charge in [-0.05, 0) is 43.0 Å². The van der Waals surface area contributed by atoms with E-state index >= 15 is 0 Å². The Morgan fingerprint density at radius 2 is 1.93 bits per heavy atom. The van der Waals surface area contributed by atoms with Crippen LogP contribution in [0.2, 0.25) is 0 Å². The number of methoxy groups -OCH3 is 1. The number of hydrogen-bond acceptors (Lipinski definition) is 7. The minimum absolute atomic E-state index is 0.202. The molecule has 1 aromatic rings. The maximum Gasteiger partial charge on any atom is 0.247 e. The van der Waals surface area contributed by atoms with Gasteiger partial charge in [0.05, 0.1) is 7.11 Å². The van der Waals surface area contributed by atoms with Gasteiger partial charge in [0.15, 0.2) is 0 Å².